The first kappa shape index (κ1) is 13.9. The molecule has 0 bridgehead atoms. The molecule has 0 unspecified atom stereocenters. The van der Waals surface area contributed by atoms with Crippen LogP contribution in [0.4, 0.5) is 0 Å². The number of fused-ring (bicyclic) bond motifs is 3. The summed E-state index contributed by atoms with van der Waals surface area (Å²) in [5.74, 6) is 0.668. The first-order valence-corrected chi connectivity index (χ1v) is 7.61. The van der Waals surface area contributed by atoms with Gasteiger partial charge in [-0.1, -0.05) is 60.7 Å². The Morgan fingerprint density at radius 2 is 1.35 bits per heavy atom. The molecule has 0 fully saturated rings. The van der Waals surface area contributed by atoms with E-state index in [0.29, 0.717) is 5.75 Å². The summed E-state index contributed by atoms with van der Waals surface area (Å²) in [4.78, 5) is 0. The minimum atomic E-state index is -0.307. The number of hydrogen-bond acceptors (Lipinski definition) is 2. The minimum Gasteiger partial charge on any atom is -0.539 e. The van der Waals surface area contributed by atoms with Gasteiger partial charge in [-0.25, -0.2) is 0 Å². The van der Waals surface area contributed by atoms with Crippen molar-refractivity contribution in [3.63, 3.8) is 0 Å². The van der Waals surface area contributed by atoms with E-state index in [0.717, 1.165) is 5.56 Å². The molecule has 0 amide bonds. The zero-order valence-electron chi connectivity index (χ0n) is 12.6. The largest absolute Gasteiger partial charge is 0.539 e. The van der Waals surface area contributed by atoms with E-state index in [1.165, 1.54) is 27.1 Å². The maximum Gasteiger partial charge on any atom is 0.504 e. The van der Waals surface area contributed by atoms with Crippen LogP contribution in [0.15, 0.2) is 78.9 Å². The molecule has 0 aliphatic carbocycles. The molecule has 4 rings (SSSR count). The summed E-state index contributed by atoms with van der Waals surface area (Å²) in [6.45, 7) is 0. The van der Waals surface area contributed by atoms with Crippen LogP contribution in [0.25, 0.3) is 32.7 Å². The fourth-order valence-corrected chi connectivity index (χ4v) is 3.10. The Bertz CT molecular complexity index is 978. The smallest absolute Gasteiger partial charge is 0.504 e. The van der Waals surface area contributed by atoms with Crippen molar-refractivity contribution >= 4 is 29.2 Å². The van der Waals surface area contributed by atoms with Gasteiger partial charge >= 0.3 is 7.69 Å². The number of hydrogen-bond donors (Lipinski definition) is 1. The van der Waals surface area contributed by atoms with E-state index in [4.69, 9.17) is 9.68 Å². The van der Waals surface area contributed by atoms with Gasteiger partial charge in [-0.2, -0.15) is 0 Å². The van der Waals surface area contributed by atoms with Gasteiger partial charge in [-0.3, -0.25) is 0 Å². The first-order valence-electron chi connectivity index (χ1n) is 7.61. The van der Waals surface area contributed by atoms with Gasteiger partial charge in [-0.05, 0) is 50.9 Å². The first-order chi connectivity index (χ1) is 11.4. The van der Waals surface area contributed by atoms with Crippen LogP contribution in [0.1, 0.15) is 0 Å². The highest BCUT2D eigenvalue weighted by atomic mass is 16.5. The Morgan fingerprint density at radius 3 is 2.09 bits per heavy atom. The molecule has 3 heteroatoms. The van der Waals surface area contributed by atoms with Crippen LogP contribution in [-0.4, -0.2) is 12.7 Å². The summed E-state index contributed by atoms with van der Waals surface area (Å²) in [5.41, 5.74) is 2.34. The molecule has 0 spiro atoms. The van der Waals surface area contributed by atoms with E-state index in [9.17, 15) is 0 Å². The molecule has 0 aromatic heterocycles. The van der Waals surface area contributed by atoms with Crippen molar-refractivity contribution in [3.8, 4) is 16.9 Å². The van der Waals surface area contributed by atoms with Crippen molar-refractivity contribution in [1.29, 1.82) is 0 Å². The molecule has 0 aliphatic rings. The minimum absolute atomic E-state index is 0.307. The number of benzene rings is 4. The monoisotopic (exact) mass is 298 g/mol. The van der Waals surface area contributed by atoms with Gasteiger partial charge in [0, 0.05) is 0 Å². The average Bonchev–Trinajstić information content (AvgIpc) is 2.62. The molecule has 4 aromatic carbocycles. The molecule has 0 radical (unpaired) electrons. The highest BCUT2D eigenvalue weighted by Gasteiger charge is 2.08. The second-order valence-electron chi connectivity index (χ2n) is 5.49. The maximum atomic E-state index is 8.84. The quantitative estimate of drug-likeness (QED) is 0.451. The third kappa shape index (κ3) is 2.45. The van der Waals surface area contributed by atoms with Crippen LogP contribution in [0, 0.1) is 0 Å². The zero-order chi connectivity index (χ0) is 15.6. The second kappa shape index (κ2) is 5.78. The average molecular weight is 298 g/mol. The summed E-state index contributed by atoms with van der Waals surface area (Å²) in [7, 11) is -0.307. The Hall–Kier alpha value is -2.78. The molecule has 2 nitrogen and oxygen atoms in total. The predicted octanol–water partition coefficient (Wildman–Crippen LogP) is 4.30. The van der Waals surface area contributed by atoms with Crippen LogP contribution in [0.2, 0.25) is 0 Å². The van der Waals surface area contributed by atoms with Crippen LogP contribution in [0.3, 0.4) is 0 Å². The van der Waals surface area contributed by atoms with Crippen molar-refractivity contribution in [2.24, 2.45) is 0 Å². The standard InChI is InChI=1S/C20H15BO2/c22-21-23-16-11-9-14(10-12-16)20-13-15-5-1-2-6-17(15)18-7-3-4-8-19(18)20/h1-13,21-22H. The lowest BCUT2D eigenvalue weighted by Gasteiger charge is -2.11. The van der Waals surface area contributed by atoms with E-state index in [-0.39, 0.29) is 7.69 Å². The second-order valence-corrected chi connectivity index (χ2v) is 5.49. The molecule has 0 saturated carbocycles. The summed E-state index contributed by atoms with van der Waals surface area (Å²) < 4.78 is 5.11. The molecule has 4 aromatic rings. The Morgan fingerprint density at radius 1 is 0.696 bits per heavy atom. The van der Waals surface area contributed by atoms with Crippen LogP contribution in [-0.2, 0) is 0 Å². The third-order valence-electron chi connectivity index (χ3n) is 4.16. The topological polar surface area (TPSA) is 29.5 Å². The van der Waals surface area contributed by atoms with Crippen LogP contribution in [0.5, 0.6) is 5.75 Å². The lowest BCUT2D eigenvalue weighted by Crippen LogP contribution is -1.99. The van der Waals surface area contributed by atoms with Crippen molar-refractivity contribution in [2.75, 3.05) is 0 Å². The fourth-order valence-electron chi connectivity index (χ4n) is 3.10. The molecular weight excluding hydrogens is 283 g/mol. The Kier molecular flexibility index (Phi) is 3.49. The van der Waals surface area contributed by atoms with Gasteiger partial charge in [0.2, 0.25) is 0 Å². The van der Waals surface area contributed by atoms with E-state index in [1.807, 2.05) is 24.3 Å². The molecule has 0 saturated heterocycles. The molecule has 0 heterocycles. The molecule has 0 aliphatic heterocycles. The Balaban J connectivity index is 1.97. The van der Waals surface area contributed by atoms with Crippen molar-refractivity contribution in [1.82, 2.24) is 0 Å². The van der Waals surface area contributed by atoms with Crippen molar-refractivity contribution in [2.45, 2.75) is 0 Å². The predicted molar refractivity (Wildman–Crippen MR) is 96.9 cm³/mol. The van der Waals surface area contributed by atoms with Crippen LogP contribution < -0.4 is 4.65 Å². The summed E-state index contributed by atoms with van der Waals surface area (Å²) in [5, 5.41) is 13.8. The molecule has 1 N–H and O–H groups in total. The van der Waals surface area contributed by atoms with E-state index >= 15 is 0 Å². The molecule has 23 heavy (non-hydrogen) atoms. The van der Waals surface area contributed by atoms with E-state index < -0.39 is 0 Å². The van der Waals surface area contributed by atoms with Gasteiger partial charge < -0.3 is 9.68 Å². The van der Waals surface area contributed by atoms with Crippen LogP contribution >= 0.6 is 0 Å². The van der Waals surface area contributed by atoms with Crippen molar-refractivity contribution < 1.29 is 9.68 Å². The van der Waals surface area contributed by atoms with Crippen molar-refractivity contribution in [3.05, 3.63) is 78.9 Å². The SMILES string of the molecule is OBOc1ccc(-c2cc3ccccc3c3ccccc23)cc1. The fraction of sp³-hybridized carbons (Fsp3) is 0. The lowest BCUT2D eigenvalue weighted by atomic mass is 9.93. The van der Waals surface area contributed by atoms with Gasteiger partial charge in [0.1, 0.15) is 5.75 Å². The summed E-state index contributed by atoms with van der Waals surface area (Å²) in [6, 6.07) is 27.0. The lowest BCUT2D eigenvalue weighted by molar-refractivity contribution is 0.454. The Labute approximate surface area is 135 Å². The normalized spacial score (nSPS) is 10.8. The third-order valence-corrected chi connectivity index (χ3v) is 4.16. The highest BCUT2D eigenvalue weighted by Crippen LogP contribution is 2.35. The highest BCUT2D eigenvalue weighted by molar-refractivity contribution is 6.17. The zero-order valence-corrected chi connectivity index (χ0v) is 12.6. The van der Waals surface area contributed by atoms with E-state index in [2.05, 4.69) is 54.6 Å². The molecule has 0 atom stereocenters. The van der Waals surface area contributed by atoms with Gasteiger partial charge in [-0.15, -0.1) is 0 Å². The van der Waals surface area contributed by atoms with Gasteiger partial charge in [0.15, 0.2) is 0 Å². The summed E-state index contributed by atoms with van der Waals surface area (Å²) in [6.07, 6.45) is 0. The number of rotatable bonds is 3. The maximum absolute atomic E-state index is 8.84. The van der Waals surface area contributed by atoms with Gasteiger partial charge in [0.25, 0.3) is 0 Å². The summed E-state index contributed by atoms with van der Waals surface area (Å²) >= 11 is 0. The molecular formula is C20H15BO2. The van der Waals surface area contributed by atoms with E-state index in [1.54, 1.807) is 0 Å². The molecule has 110 valence electrons. The van der Waals surface area contributed by atoms with Gasteiger partial charge in [0.05, 0.1) is 0 Å².